The summed E-state index contributed by atoms with van der Waals surface area (Å²) >= 11 is 0. The molecule has 0 saturated heterocycles. The van der Waals surface area contributed by atoms with E-state index in [1.165, 1.54) is 5.56 Å². The van der Waals surface area contributed by atoms with E-state index in [0.717, 1.165) is 18.6 Å². The lowest BCUT2D eigenvalue weighted by Crippen LogP contribution is -2.51. The van der Waals surface area contributed by atoms with Gasteiger partial charge in [0.1, 0.15) is 12.4 Å². The van der Waals surface area contributed by atoms with Crippen LogP contribution in [0.4, 0.5) is 0 Å². The molecule has 1 aliphatic rings. The average molecular weight is 249 g/mol. The number of hydrogen-bond donors (Lipinski definition) is 2. The van der Waals surface area contributed by atoms with Gasteiger partial charge in [-0.2, -0.15) is 0 Å². The van der Waals surface area contributed by atoms with Crippen molar-refractivity contribution in [1.29, 1.82) is 0 Å². The molecule has 3 N–H and O–H groups in total. The number of rotatable bonds is 6. The van der Waals surface area contributed by atoms with E-state index in [1.807, 2.05) is 12.1 Å². The van der Waals surface area contributed by atoms with Crippen LogP contribution in [-0.2, 0) is 0 Å². The van der Waals surface area contributed by atoms with E-state index < -0.39 is 5.54 Å². The van der Waals surface area contributed by atoms with Crippen molar-refractivity contribution in [1.82, 2.24) is 0 Å². The van der Waals surface area contributed by atoms with Crippen LogP contribution >= 0.6 is 0 Å². The topological polar surface area (TPSA) is 55.5 Å². The van der Waals surface area contributed by atoms with Crippen LogP contribution in [0.5, 0.6) is 5.75 Å². The summed E-state index contributed by atoms with van der Waals surface area (Å²) in [6.45, 7) is 4.70. The highest BCUT2D eigenvalue weighted by Crippen LogP contribution is 2.38. The van der Waals surface area contributed by atoms with E-state index in [4.69, 9.17) is 10.5 Å². The Hall–Kier alpha value is -1.06. The fourth-order valence-corrected chi connectivity index (χ4v) is 2.12. The first-order chi connectivity index (χ1) is 8.55. The van der Waals surface area contributed by atoms with Crippen LogP contribution in [0.1, 0.15) is 38.2 Å². The highest BCUT2D eigenvalue weighted by atomic mass is 16.5. The van der Waals surface area contributed by atoms with Gasteiger partial charge in [0.15, 0.2) is 0 Å². The summed E-state index contributed by atoms with van der Waals surface area (Å²) in [6.07, 6.45) is 2.21. The summed E-state index contributed by atoms with van der Waals surface area (Å²) in [5.74, 6) is 1.76. The van der Waals surface area contributed by atoms with Crippen molar-refractivity contribution in [2.75, 3.05) is 13.2 Å². The zero-order valence-corrected chi connectivity index (χ0v) is 11.2. The number of ether oxygens (including phenoxy) is 1. The fourth-order valence-electron chi connectivity index (χ4n) is 2.12. The van der Waals surface area contributed by atoms with E-state index in [2.05, 4.69) is 26.0 Å². The second-order valence-corrected chi connectivity index (χ2v) is 5.68. The Morgan fingerprint density at radius 2 is 1.94 bits per heavy atom. The van der Waals surface area contributed by atoms with Gasteiger partial charge in [-0.05, 0) is 42.4 Å². The molecule has 0 radical (unpaired) electrons. The maximum Gasteiger partial charge on any atom is 0.119 e. The molecule has 3 nitrogen and oxygen atoms in total. The van der Waals surface area contributed by atoms with Gasteiger partial charge >= 0.3 is 0 Å². The van der Waals surface area contributed by atoms with Gasteiger partial charge in [0.25, 0.3) is 0 Å². The number of aliphatic hydroxyl groups is 1. The van der Waals surface area contributed by atoms with Gasteiger partial charge in [-0.1, -0.05) is 26.0 Å². The van der Waals surface area contributed by atoms with Crippen LogP contribution in [0.25, 0.3) is 0 Å². The van der Waals surface area contributed by atoms with Crippen LogP contribution in [0.2, 0.25) is 0 Å². The number of aliphatic hydroxyl groups excluding tert-OH is 1. The Balaban J connectivity index is 1.93. The SMILES string of the molecule is CC(C)c1ccc(OCC(N)(CO)C2CC2)cc1. The lowest BCUT2D eigenvalue weighted by atomic mass is 9.97. The van der Waals surface area contributed by atoms with E-state index in [1.54, 1.807) is 0 Å². The summed E-state index contributed by atoms with van der Waals surface area (Å²) in [5, 5.41) is 9.39. The predicted molar refractivity (Wildman–Crippen MR) is 72.8 cm³/mol. The van der Waals surface area contributed by atoms with Gasteiger partial charge in [-0.15, -0.1) is 0 Å². The molecular weight excluding hydrogens is 226 g/mol. The molecule has 0 aromatic heterocycles. The van der Waals surface area contributed by atoms with E-state index in [0.29, 0.717) is 18.4 Å². The molecule has 0 bridgehead atoms. The first-order valence-corrected chi connectivity index (χ1v) is 6.67. The van der Waals surface area contributed by atoms with Crippen LogP contribution in [-0.4, -0.2) is 23.9 Å². The monoisotopic (exact) mass is 249 g/mol. The molecule has 0 aliphatic heterocycles. The van der Waals surface area contributed by atoms with E-state index in [-0.39, 0.29) is 6.61 Å². The van der Waals surface area contributed by atoms with E-state index >= 15 is 0 Å². The molecule has 0 amide bonds. The zero-order valence-electron chi connectivity index (χ0n) is 11.2. The molecule has 1 atom stereocenters. The lowest BCUT2D eigenvalue weighted by Gasteiger charge is -2.27. The summed E-state index contributed by atoms with van der Waals surface area (Å²) in [4.78, 5) is 0. The normalized spacial score (nSPS) is 18.7. The third kappa shape index (κ3) is 3.03. The summed E-state index contributed by atoms with van der Waals surface area (Å²) in [5.41, 5.74) is 6.88. The summed E-state index contributed by atoms with van der Waals surface area (Å²) in [6, 6.07) is 8.10. The zero-order chi connectivity index (χ0) is 13.2. The summed E-state index contributed by atoms with van der Waals surface area (Å²) in [7, 11) is 0. The number of benzene rings is 1. The molecule has 1 unspecified atom stereocenters. The molecule has 0 heterocycles. The third-order valence-corrected chi connectivity index (χ3v) is 3.74. The maximum absolute atomic E-state index is 9.39. The molecule has 100 valence electrons. The molecule has 1 aromatic carbocycles. The Labute approximate surface area is 109 Å². The first kappa shape index (κ1) is 13.4. The van der Waals surface area contributed by atoms with Gasteiger partial charge in [0.2, 0.25) is 0 Å². The average Bonchev–Trinajstić information content (AvgIpc) is 3.21. The minimum Gasteiger partial charge on any atom is -0.492 e. The van der Waals surface area contributed by atoms with Crippen molar-refractivity contribution >= 4 is 0 Å². The molecule has 18 heavy (non-hydrogen) atoms. The molecule has 3 heteroatoms. The minimum absolute atomic E-state index is 0.0122. The molecule has 1 fully saturated rings. The molecular formula is C15H23NO2. The van der Waals surface area contributed by atoms with Crippen LogP contribution in [0.15, 0.2) is 24.3 Å². The van der Waals surface area contributed by atoms with Gasteiger partial charge in [0, 0.05) is 0 Å². The number of nitrogens with two attached hydrogens (primary N) is 1. The van der Waals surface area contributed by atoms with Crippen molar-refractivity contribution in [3.05, 3.63) is 29.8 Å². The maximum atomic E-state index is 9.39. The standard InChI is InChI=1S/C15H23NO2/c1-11(2)12-3-7-14(8-4-12)18-10-15(16,9-17)13-5-6-13/h3-4,7-8,11,13,17H,5-6,9-10,16H2,1-2H3. The Bertz CT molecular complexity index is 384. The second kappa shape index (κ2) is 5.29. The largest absolute Gasteiger partial charge is 0.492 e. The third-order valence-electron chi connectivity index (χ3n) is 3.74. The quantitative estimate of drug-likeness (QED) is 0.813. The van der Waals surface area contributed by atoms with Gasteiger partial charge in [0.05, 0.1) is 12.1 Å². The summed E-state index contributed by atoms with van der Waals surface area (Å²) < 4.78 is 5.71. The van der Waals surface area contributed by atoms with Crippen molar-refractivity contribution < 1.29 is 9.84 Å². The highest BCUT2D eigenvalue weighted by Gasteiger charge is 2.42. The Morgan fingerprint density at radius 1 is 1.33 bits per heavy atom. The van der Waals surface area contributed by atoms with Gasteiger partial charge < -0.3 is 15.6 Å². The first-order valence-electron chi connectivity index (χ1n) is 6.67. The van der Waals surface area contributed by atoms with Crippen molar-refractivity contribution in [3.8, 4) is 5.75 Å². The Kier molecular flexibility index (Phi) is 3.93. The molecule has 0 spiro atoms. The smallest absolute Gasteiger partial charge is 0.119 e. The van der Waals surface area contributed by atoms with Crippen molar-refractivity contribution in [3.63, 3.8) is 0 Å². The van der Waals surface area contributed by atoms with Crippen molar-refractivity contribution in [2.24, 2.45) is 11.7 Å². The number of hydrogen-bond acceptors (Lipinski definition) is 3. The van der Waals surface area contributed by atoms with Gasteiger partial charge in [-0.3, -0.25) is 0 Å². The van der Waals surface area contributed by atoms with E-state index in [9.17, 15) is 5.11 Å². The minimum atomic E-state index is -0.573. The molecule has 1 saturated carbocycles. The highest BCUT2D eigenvalue weighted by molar-refractivity contribution is 5.29. The Morgan fingerprint density at radius 3 is 2.39 bits per heavy atom. The van der Waals surface area contributed by atoms with Crippen molar-refractivity contribution in [2.45, 2.75) is 38.1 Å². The van der Waals surface area contributed by atoms with Crippen LogP contribution < -0.4 is 10.5 Å². The van der Waals surface area contributed by atoms with Crippen LogP contribution in [0, 0.1) is 5.92 Å². The lowest BCUT2D eigenvalue weighted by molar-refractivity contribution is 0.117. The molecule has 1 aromatic rings. The predicted octanol–water partition coefficient (Wildman–Crippen LogP) is 2.29. The molecule has 1 aliphatic carbocycles. The fraction of sp³-hybridized carbons (Fsp3) is 0.600. The van der Waals surface area contributed by atoms with Gasteiger partial charge in [-0.25, -0.2) is 0 Å². The second-order valence-electron chi connectivity index (χ2n) is 5.68. The van der Waals surface area contributed by atoms with Crippen LogP contribution in [0.3, 0.4) is 0 Å². The molecule has 2 rings (SSSR count).